The molecule has 7 atom stereocenters. The van der Waals surface area contributed by atoms with E-state index in [1.54, 1.807) is 12.1 Å². The molecule has 9 nitrogen and oxygen atoms in total. The number of nitrogens with two attached hydrogens (primary N) is 2. The molecule has 0 aromatic heterocycles. The average Bonchev–Trinajstić information content (AvgIpc) is 3.00. The van der Waals surface area contributed by atoms with Gasteiger partial charge in [-0.05, 0) is 108 Å². The first-order valence-corrected chi connectivity index (χ1v) is 16.6. The molecule has 3 aromatic rings. The van der Waals surface area contributed by atoms with Crippen molar-refractivity contribution in [2.45, 2.75) is 68.4 Å². The largest absolute Gasteiger partial charge is 0.508 e. The summed E-state index contributed by atoms with van der Waals surface area (Å²) in [6.45, 7) is 2.01. The van der Waals surface area contributed by atoms with Crippen LogP contribution in [0.5, 0.6) is 11.5 Å². The third-order valence-corrected chi connectivity index (χ3v) is 10.9. The number of hydrogen-bond acceptors (Lipinski definition) is 6. The van der Waals surface area contributed by atoms with Gasteiger partial charge in [0.05, 0.1) is 5.25 Å². The Balaban J connectivity index is 1.54. The molecule has 0 spiro atoms. The lowest BCUT2D eigenvalue weighted by atomic mass is 9.62. The number of aromatic hydroxyl groups is 1. The number of aliphatic imine (C=N–C) groups is 1. The predicted octanol–water partition coefficient (Wildman–Crippen LogP) is 5.22. The summed E-state index contributed by atoms with van der Waals surface area (Å²) in [5.41, 5.74) is 16.7. The molecular formula is C34H39N3O6S. The van der Waals surface area contributed by atoms with Crippen LogP contribution in [0.3, 0.4) is 0 Å². The second kappa shape index (κ2) is 11.9. The molecule has 3 aromatic carbocycles. The van der Waals surface area contributed by atoms with Crippen LogP contribution in [-0.4, -0.2) is 34.4 Å². The Morgan fingerprint density at radius 1 is 1.05 bits per heavy atom. The van der Waals surface area contributed by atoms with Gasteiger partial charge in [0.15, 0.2) is 5.96 Å². The van der Waals surface area contributed by atoms with Crippen LogP contribution < -0.4 is 16.2 Å². The van der Waals surface area contributed by atoms with E-state index in [4.69, 9.17) is 16.2 Å². The number of benzene rings is 3. The molecule has 0 saturated carbocycles. The van der Waals surface area contributed by atoms with E-state index in [9.17, 15) is 23.2 Å². The summed E-state index contributed by atoms with van der Waals surface area (Å²) in [5, 5.41) is 20.2. The van der Waals surface area contributed by atoms with Crippen molar-refractivity contribution < 1.29 is 27.9 Å². The molecule has 4 aliphatic heterocycles. The van der Waals surface area contributed by atoms with Crippen molar-refractivity contribution in [2.24, 2.45) is 28.3 Å². The molecule has 0 radical (unpaired) electrons. The van der Waals surface area contributed by atoms with Gasteiger partial charge in [-0.1, -0.05) is 49.4 Å². The number of guanidine groups is 1. The van der Waals surface area contributed by atoms with E-state index < -0.39 is 33.6 Å². The van der Waals surface area contributed by atoms with Crippen LogP contribution in [0.15, 0.2) is 83.4 Å². The van der Waals surface area contributed by atoms with Crippen LogP contribution in [0.1, 0.15) is 84.6 Å². The molecule has 6 aliphatic rings. The van der Waals surface area contributed by atoms with E-state index >= 15 is 0 Å². The van der Waals surface area contributed by atoms with Crippen LogP contribution >= 0.6 is 0 Å². The number of phenols is 1. The number of aliphatic hydroxyl groups excluding tert-OH is 1. The van der Waals surface area contributed by atoms with Gasteiger partial charge >= 0.3 is 0 Å². The van der Waals surface area contributed by atoms with Crippen molar-refractivity contribution in [1.82, 2.24) is 0 Å². The number of nitrogens with zero attached hydrogens (tertiary/aromatic N) is 1. The number of ether oxygens (including phenoxy) is 1. The third kappa shape index (κ3) is 5.94. The summed E-state index contributed by atoms with van der Waals surface area (Å²) in [6, 6.07) is 19.9. The molecule has 7 N–H and O–H groups in total. The molecule has 2 aliphatic carbocycles. The van der Waals surface area contributed by atoms with Gasteiger partial charge in [-0.15, -0.1) is 0 Å². The summed E-state index contributed by atoms with van der Waals surface area (Å²) in [4.78, 5) is 4.37. The zero-order valence-corrected chi connectivity index (χ0v) is 25.4. The summed E-state index contributed by atoms with van der Waals surface area (Å²) >= 11 is 0. The number of allylic oxidation sites excluding steroid dienone is 1. The summed E-state index contributed by atoms with van der Waals surface area (Å²) < 4.78 is 43.7. The van der Waals surface area contributed by atoms with E-state index in [-0.39, 0.29) is 35.9 Å². The Kier molecular flexibility index (Phi) is 8.17. The van der Waals surface area contributed by atoms with E-state index in [1.165, 1.54) is 12.1 Å². The highest BCUT2D eigenvalue weighted by Crippen LogP contribution is 2.53. The molecule has 0 saturated heterocycles. The minimum Gasteiger partial charge on any atom is -0.508 e. The van der Waals surface area contributed by atoms with Crippen molar-refractivity contribution in [1.29, 1.82) is 0 Å². The third-order valence-electron chi connectivity index (χ3n) is 9.67. The molecule has 0 amide bonds. The second-order valence-electron chi connectivity index (χ2n) is 12.3. The van der Waals surface area contributed by atoms with E-state index in [0.29, 0.717) is 24.2 Å². The van der Waals surface area contributed by atoms with Crippen LogP contribution in [-0.2, 0) is 16.5 Å². The molecule has 44 heavy (non-hydrogen) atoms. The highest BCUT2D eigenvalue weighted by Gasteiger charge is 2.46. The molecule has 9 rings (SSSR count). The monoisotopic (exact) mass is 617 g/mol. The van der Waals surface area contributed by atoms with Crippen molar-refractivity contribution in [3.63, 3.8) is 0 Å². The standard InChI is InChI=1S/C34H39N3O6S/c1-2-19-18-30(44(40,41)42)29-17-25(32(39)21-5-10-26(38)11-6-21)16-23-4-3-22-15-24(9-14-28(22)31(23)29)33(37-34(35)36)43-27-12-7-20(19)8-13-27/h5-15,17,19,23,29-33,38-39H,2-4,16,18H2,1H3,(H4,35,36,37)(H,40,41,42). The van der Waals surface area contributed by atoms with Crippen LogP contribution in [0.4, 0.5) is 0 Å². The minimum absolute atomic E-state index is 0.0498. The Labute approximate surface area is 258 Å². The zero-order chi connectivity index (χ0) is 31.2. The highest BCUT2D eigenvalue weighted by atomic mass is 32.2. The lowest BCUT2D eigenvalue weighted by Gasteiger charge is -2.45. The molecule has 6 bridgehead atoms. The summed E-state index contributed by atoms with van der Waals surface area (Å²) in [5.74, 6) is -0.307. The summed E-state index contributed by atoms with van der Waals surface area (Å²) in [7, 11) is -4.51. The Morgan fingerprint density at radius 3 is 2.41 bits per heavy atom. The lowest BCUT2D eigenvalue weighted by molar-refractivity contribution is 0.183. The Bertz CT molecular complexity index is 1680. The molecule has 232 valence electrons. The number of aryl methyl sites for hydroxylation is 1. The maximum absolute atomic E-state index is 13.3. The van der Waals surface area contributed by atoms with Crippen molar-refractivity contribution >= 4 is 16.1 Å². The molecule has 7 unspecified atom stereocenters. The first-order valence-electron chi connectivity index (χ1n) is 15.1. The van der Waals surface area contributed by atoms with Crippen LogP contribution in [0.2, 0.25) is 0 Å². The molecular weight excluding hydrogens is 578 g/mol. The van der Waals surface area contributed by atoms with Crippen molar-refractivity contribution in [3.05, 3.63) is 106 Å². The van der Waals surface area contributed by atoms with Gasteiger partial charge in [0.2, 0.25) is 6.23 Å². The van der Waals surface area contributed by atoms with Gasteiger partial charge in [-0.2, -0.15) is 8.42 Å². The van der Waals surface area contributed by atoms with Gasteiger partial charge in [0.25, 0.3) is 10.1 Å². The molecule has 0 fully saturated rings. The number of hydrogen-bond donors (Lipinski definition) is 5. The molecule has 10 heteroatoms. The topological polar surface area (TPSA) is 168 Å². The van der Waals surface area contributed by atoms with Gasteiger partial charge in [0, 0.05) is 11.5 Å². The van der Waals surface area contributed by atoms with Crippen LogP contribution in [0.25, 0.3) is 0 Å². The first kappa shape index (κ1) is 30.2. The quantitative estimate of drug-likeness (QED) is 0.112. The fourth-order valence-corrected chi connectivity index (χ4v) is 8.65. The van der Waals surface area contributed by atoms with E-state index in [0.717, 1.165) is 40.7 Å². The summed E-state index contributed by atoms with van der Waals surface area (Å²) in [6.07, 6.45) is 3.16. The smallest absolute Gasteiger partial charge is 0.268 e. The molecule has 4 heterocycles. The number of aliphatic hydroxyl groups is 1. The minimum atomic E-state index is -4.51. The SMILES string of the molecule is CCC1CC(S(=O)(=O)O)C2C=C(C(O)c3ccc(O)cc3)CC3CCc4cc(ccc4C32)C(N=C(N)N)Oc2ccc1cc2. The average molecular weight is 618 g/mol. The van der Waals surface area contributed by atoms with Gasteiger partial charge in [0.1, 0.15) is 17.6 Å². The van der Waals surface area contributed by atoms with Crippen molar-refractivity contribution in [3.8, 4) is 11.5 Å². The fraction of sp³-hybridized carbons (Fsp3) is 0.382. The van der Waals surface area contributed by atoms with Crippen molar-refractivity contribution in [2.75, 3.05) is 0 Å². The zero-order valence-electron chi connectivity index (χ0n) is 24.6. The second-order valence-corrected chi connectivity index (χ2v) is 13.9. The highest BCUT2D eigenvalue weighted by molar-refractivity contribution is 7.86. The van der Waals surface area contributed by atoms with E-state index in [2.05, 4.69) is 4.99 Å². The Hall–Kier alpha value is -3.86. The number of rotatable bonds is 5. The normalized spacial score (nSPS) is 26.9. The van der Waals surface area contributed by atoms with Gasteiger partial charge < -0.3 is 26.4 Å². The first-order chi connectivity index (χ1) is 21.0. The van der Waals surface area contributed by atoms with Gasteiger partial charge in [-0.25, -0.2) is 4.99 Å². The lowest BCUT2D eigenvalue weighted by Crippen LogP contribution is -2.41. The fourth-order valence-electron chi connectivity index (χ4n) is 7.53. The maximum Gasteiger partial charge on any atom is 0.268 e. The predicted molar refractivity (Wildman–Crippen MR) is 169 cm³/mol. The number of phenolic OH excluding ortho intramolecular Hbond substituents is 1. The maximum atomic E-state index is 13.3. The van der Waals surface area contributed by atoms with E-state index in [1.807, 2.05) is 55.5 Å². The Morgan fingerprint density at radius 2 is 1.75 bits per heavy atom. The van der Waals surface area contributed by atoms with Gasteiger partial charge in [-0.3, -0.25) is 4.55 Å². The van der Waals surface area contributed by atoms with Crippen LogP contribution in [0, 0.1) is 11.8 Å².